The Morgan fingerprint density at radius 1 is 1.27 bits per heavy atom. The zero-order valence-corrected chi connectivity index (χ0v) is 15.1. The summed E-state index contributed by atoms with van der Waals surface area (Å²) in [6.07, 6.45) is 4.12. The first kappa shape index (κ1) is 16.5. The van der Waals surface area contributed by atoms with E-state index in [0.29, 0.717) is 16.3 Å². The van der Waals surface area contributed by atoms with Gasteiger partial charge >= 0.3 is 0 Å². The molecule has 0 aliphatic heterocycles. The van der Waals surface area contributed by atoms with Crippen LogP contribution in [-0.2, 0) is 12.8 Å². The molecule has 3 aromatic rings. The smallest absolute Gasteiger partial charge is 0.278 e. The standard InChI is InChI=1S/C19H17N5OS/c1-12-17(22-23-24(12)13-7-3-2-4-8-13)18(25)21-19-15(11-20)14-9-5-6-10-16(14)26-19/h2-4,7-8H,5-6,9-10H2,1H3,(H,21,25). The van der Waals surface area contributed by atoms with Gasteiger partial charge in [-0.25, -0.2) is 4.68 Å². The fourth-order valence-electron chi connectivity index (χ4n) is 3.29. The molecule has 1 N–H and O–H groups in total. The van der Waals surface area contributed by atoms with Crippen molar-refractivity contribution < 1.29 is 4.79 Å². The van der Waals surface area contributed by atoms with Crippen molar-refractivity contribution >= 4 is 22.2 Å². The Kier molecular flexibility index (Phi) is 4.27. The number of nitrogens with zero attached hydrogens (tertiary/aromatic N) is 4. The molecule has 0 saturated carbocycles. The molecule has 2 heterocycles. The van der Waals surface area contributed by atoms with Crippen LogP contribution in [-0.4, -0.2) is 20.9 Å². The van der Waals surface area contributed by atoms with Crippen LogP contribution in [0.2, 0.25) is 0 Å². The van der Waals surface area contributed by atoms with Gasteiger partial charge in [-0.3, -0.25) is 4.79 Å². The number of nitriles is 1. The molecule has 130 valence electrons. The lowest BCUT2D eigenvalue weighted by Crippen LogP contribution is -2.14. The fraction of sp³-hybridized carbons (Fsp3) is 0.263. The van der Waals surface area contributed by atoms with E-state index in [-0.39, 0.29) is 11.6 Å². The SMILES string of the molecule is Cc1c(C(=O)Nc2sc3c(c2C#N)CCCC3)nnn1-c1ccccc1. The summed E-state index contributed by atoms with van der Waals surface area (Å²) in [4.78, 5) is 13.9. The van der Waals surface area contributed by atoms with Crippen molar-refractivity contribution in [1.82, 2.24) is 15.0 Å². The van der Waals surface area contributed by atoms with Crippen LogP contribution in [0, 0.1) is 18.3 Å². The highest BCUT2D eigenvalue weighted by Gasteiger charge is 2.24. The van der Waals surface area contributed by atoms with E-state index in [1.807, 2.05) is 37.3 Å². The van der Waals surface area contributed by atoms with Crippen LogP contribution in [0.5, 0.6) is 0 Å². The molecule has 4 rings (SSSR count). The fourth-order valence-corrected chi connectivity index (χ4v) is 4.52. The van der Waals surface area contributed by atoms with Gasteiger partial charge in [0.05, 0.1) is 16.9 Å². The maximum Gasteiger partial charge on any atom is 0.278 e. The van der Waals surface area contributed by atoms with E-state index in [4.69, 9.17) is 0 Å². The lowest BCUT2D eigenvalue weighted by Gasteiger charge is -2.09. The number of para-hydroxylation sites is 1. The van der Waals surface area contributed by atoms with Crippen LogP contribution in [0.3, 0.4) is 0 Å². The zero-order valence-electron chi connectivity index (χ0n) is 14.3. The average molecular weight is 363 g/mol. The molecule has 1 aliphatic carbocycles. The van der Waals surface area contributed by atoms with Gasteiger partial charge < -0.3 is 5.32 Å². The van der Waals surface area contributed by atoms with E-state index in [9.17, 15) is 10.1 Å². The van der Waals surface area contributed by atoms with Crippen LogP contribution in [0.1, 0.15) is 45.0 Å². The molecule has 0 radical (unpaired) electrons. The van der Waals surface area contributed by atoms with Crippen LogP contribution in [0.4, 0.5) is 5.00 Å². The molecule has 6 nitrogen and oxygen atoms in total. The summed E-state index contributed by atoms with van der Waals surface area (Å²) in [6, 6.07) is 11.8. The molecular weight excluding hydrogens is 346 g/mol. The molecule has 0 atom stereocenters. The third kappa shape index (κ3) is 2.78. The molecule has 26 heavy (non-hydrogen) atoms. The molecule has 1 aromatic carbocycles. The number of rotatable bonds is 3. The van der Waals surface area contributed by atoms with Crippen LogP contribution < -0.4 is 5.32 Å². The Bertz CT molecular complexity index is 1010. The highest BCUT2D eigenvalue weighted by Crippen LogP contribution is 2.37. The van der Waals surface area contributed by atoms with Crippen molar-refractivity contribution in [3.63, 3.8) is 0 Å². The quantitative estimate of drug-likeness (QED) is 0.770. The summed E-state index contributed by atoms with van der Waals surface area (Å²) in [5.74, 6) is -0.334. The normalized spacial score (nSPS) is 13.1. The Hall–Kier alpha value is -2.98. The zero-order chi connectivity index (χ0) is 18.1. The number of aryl methyl sites for hydroxylation is 1. The van der Waals surface area contributed by atoms with E-state index in [1.165, 1.54) is 16.2 Å². The number of thiophene rings is 1. The summed E-state index contributed by atoms with van der Waals surface area (Å²) in [5.41, 5.74) is 3.48. The maximum atomic E-state index is 12.7. The molecule has 1 aliphatic rings. The molecule has 1 amide bonds. The predicted octanol–water partition coefficient (Wildman–Crippen LogP) is 3.64. The number of benzene rings is 1. The lowest BCUT2D eigenvalue weighted by atomic mass is 9.96. The monoisotopic (exact) mass is 363 g/mol. The minimum absolute atomic E-state index is 0.268. The van der Waals surface area contributed by atoms with E-state index in [2.05, 4.69) is 21.7 Å². The molecule has 0 bridgehead atoms. The van der Waals surface area contributed by atoms with Gasteiger partial charge in [-0.15, -0.1) is 16.4 Å². The number of carbonyl (C=O) groups is 1. The number of carbonyl (C=O) groups excluding carboxylic acids is 1. The minimum Gasteiger partial charge on any atom is -0.311 e. The van der Waals surface area contributed by atoms with Gasteiger partial charge in [0.1, 0.15) is 11.1 Å². The van der Waals surface area contributed by atoms with Crippen molar-refractivity contribution in [3.05, 3.63) is 57.7 Å². The number of amides is 1. The number of fused-ring (bicyclic) bond motifs is 1. The van der Waals surface area contributed by atoms with Gasteiger partial charge in [-0.1, -0.05) is 23.4 Å². The molecule has 2 aromatic heterocycles. The Morgan fingerprint density at radius 2 is 2.04 bits per heavy atom. The molecular formula is C19H17N5OS. The molecule has 0 fully saturated rings. The van der Waals surface area contributed by atoms with Crippen molar-refractivity contribution in [1.29, 1.82) is 5.26 Å². The minimum atomic E-state index is -0.334. The average Bonchev–Trinajstić information content (AvgIpc) is 3.22. The predicted molar refractivity (Wildman–Crippen MR) is 99.7 cm³/mol. The summed E-state index contributed by atoms with van der Waals surface area (Å²) in [6.45, 7) is 1.81. The van der Waals surface area contributed by atoms with E-state index in [0.717, 1.165) is 36.9 Å². The third-order valence-electron chi connectivity index (χ3n) is 4.62. The topological polar surface area (TPSA) is 83.6 Å². The van der Waals surface area contributed by atoms with Gasteiger partial charge in [0.2, 0.25) is 0 Å². The van der Waals surface area contributed by atoms with Crippen molar-refractivity contribution in [3.8, 4) is 11.8 Å². The second-order valence-electron chi connectivity index (χ2n) is 6.25. The molecule has 0 unspecified atom stereocenters. The first-order chi connectivity index (χ1) is 12.7. The number of nitrogens with one attached hydrogen (secondary N) is 1. The largest absolute Gasteiger partial charge is 0.311 e. The number of aromatic nitrogens is 3. The summed E-state index contributed by atoms with van der Waals surface area (Å²) in [5, 5.41) is 21.2. The van der Waals surface area contributed by atoms with Crippen molar-refractivity contribution in [2.45, 2.75) is 32.6 Å². The van der Waals surface area contributed by atoms with Crippen molar-refractivity contribution in [2.24, 2.45) is 0 Å². The van der Waals surface area contributed by atoms with Crippen molar-refractivity contribution in [2.75, 3.05) is 5.32 Å². The molecule has 0 spiro atoms. The van der Waals surface area contributed by atoms with E-state index in [1.54, 1.807) is 4.68 Å². The van der Waals surface area contributed by atoms with Crippen LogP contribution in [0.15, 0.2) is 30.3 Å². The highest BCUT2D eigenvalue weighted by atomic mass is 32.1. The van der Waals surface area contributed by atoms with Gasteiger partial charge in [0, 0.05) is 4.88 Å². The number of hydrogen-bond acceptors (Lipinski definition) is 5. The third-order valence-corrected chi connectivity index (χ3v) is 5.83. The maximum absolute atomic E-state index is 12.7. The van der Waals surface area contributed by atoms with E-state index >= 15 is 0 Å². The van der Waals surface area contributed by atoms with Gasteiger partial charge in [0.25, 0.3) is 5.91 Å². The summed E-state index contributed by atoms with van der Waals surface area (Å²) < 4.78 is 1.64. The highest BCUT2D eigenvalue weighted by molar-refractivity contribution is 7.16. The van der Waals surface area contributed by atoms with E-state index < -0.39 is 0 Å². The van der Waals surface area contributed by atoms with Crippen LogP contribution >= 0.6 is 11.3 Å². The summed E-state index contributed by atoms with van der Waals surface area (Å²) in [7, 11) is 0. The van der Waals surface area contributed by atoms with Crippen LogP contribution in [0.25, 0.3) is 5.69 Å². The second-order valence-corrected chi connectivity index (χ2v) is 7.36. The molecule has 7 heteroatoms. The first-order valence-corrected chi connectivity index (χ1v) is 9.34. The Labute approximate surface area is 155 Å². The van der Waals surface area contributed by atoms with Gasteiger partial charge in [-0.05, 0) is 50.3 Å². The number of hydrogen-bond donors (Lipinski definition) is 1. The Balaban J connectivity index is 1.63. The van der Waals surface area contributed by atoms with Gasteiger partial charge in [0.15, 0.2) is 5.69 Å². The number of anilines is 1. The molecule has 0 saturated heterocycles. The second kappa shape index (κ2) is 6.73. The summed E-state index contributed by atoms with van der Waals surface area (Å²) >= 11 is 1.51. The Morgan fingerprint density at radius 3 is 2.81 bits per heavy atom. The van der Waals surface area contributed by atoms with Gasteiger partial charge in [-0.2, -0.15) is 5.26 Å². The first-order valence-electron chi connectivity index (χ1n) is 8.52. The lowest BCUT2D eigenvalue weighted by molar-refractivity contribution is 0.102.